The first-order valence-corrected chi connectivity index (χ1v) is 8.82. The van der Waals surface area contributed by atoms with Crippen molar-refractivity contribution in [2.75, 3.05) is 4.72 Å². The molecule has 9 heteroatoms. The second-order valence-corrected chi connectivity index (χ2v) is 7.58. The van der Waals surface area contributed by atoms with Gasteiger partial charge in [-0.2, -0.15) is 0 Å². The Kier molecular flexibility index (Phi) is 4.50. The maximum absolute atomic E-state index is 12.2. The van der Waals surface area contributed by atoms with Gasteiger partial charge in [-0.25, -0.2) is 8.42 Å². The van der Waals surface area contributed by atoms with Crippen LogP contribution in [-0.2, 0) is 16.6 Å². The maximum atomic E-state index is 12.2. The van der Waals surface area contributed by atoms with E-state index in [0.29, 0.717) is 17.5 Å². The van der Waals surface area contributed by atoms with Gasteiger partial charge in [0.25, 0.3) is 10.0 Å². The number of aromatic nitrogens is 2. The summed E-state index contributed by atoms with van der Waals surface area (Å²) >= 11 is 2.56. The summed E-state index contributed by atoms with van der Waals surface area (Å²) in [5.41, 5.74) is 1.48. The molecule has 2 rings (SSSR count). The van der Waals surface area contributed by atoms with Crippen molar-refractivity contribution in [3.05, 3.63) is 21.8 Å². The molecule has 2 aromatic heterocycles. The third-order valence-corrected chi connectivity index (χ3v) is 5.46. The molecule has 0 radical (unpaired) electrons. The highest BCUT2D eigenvalue weighted by Crippen LogP contribution is 2.24. The fourth-order valence-electron chi connectivity index (χ4n) is 1.38. The van der Waals surface area contributed by atoms with Crippen molar-refractivity contribution in [1.82, 2.24) is 15.5 Å². The van der Waals surface area contributed by atoms with Crippen LogP contribution in [0, 0.1) is 0 Å². The van der Waals surface area contributed by atoms with Crippen molar-refractivity contribution < 1.29 is 8.42 Å². The molecule has 104 valence electrons. The Labute approximate surface area is 119 Å². The van der Waals surface area contributed by atoms with Gasteiger partial charge in [0.15, 0.2) is 0 Å². The summed E-state index contributed by atoms with van der Waals surface area (Å²) in [5.74, 6) is 0. The largest absolute Gasteiger partial charge is 0.310 e. The van der Waals surface area contributed by atoms with E-state index in [2.05, 4.69) is 20.2 Å². The number of sulfonamides is 1. The number of nitrogens with one attached hydrogen (secondary N) is 2. The van der Waals surface area contributed by atoms with E-state index in [0.717, 1.165) is 16.2 Å². The molecule has 0 aliphatic heterocycles. The van der Waals surface area contributed by atoms with E-state index in [1.165, 1.54) is 16.8 Å². The molecular weight excluding hydrogens is 304 g/mol. The Balaban J connectivity index is 2.19. The highest BCUT2D eigenvalue weighted by Gasteiger charge is 2.20. The van der Waals surface area contributed by atoms with Gasteiger partial charge in [-0.05, 0) is 11.4 Å². The summed E-state index contributed by atoms with van der Waals surface area (Å²) in [6, 6.07) is 1.90. The Morgan fingerprint density at radius 1 is 1.37 bits per heavy atom. The van der Waals surface area contributed by atoms with Crippen molar-refractivity contribution in [2.24, 2.45) is 0 Å². The summed E-state index contributed by atoms with van der Waals surface area (Å²) in [6.45, 7) is 4.56. The second kappa shape index (κ2) is 5.95. The molecule has 6 nitrogen and oxygen atoms in total. The minimum Gasteiger partial charge on any atom is -0.310 e. The predicted octanol–water partition coefficient (Wildman–Crippen LogP) is 1.90. The van der Waals surface area contributed by atoms with Crippen molar-refractivity contribution in [1.29, 1.82) is 0 Å². The van der Waals surface area contributed by atoms with Gasteiger partial charge in [0.2, 0.25) is 5.13 Å². The first kappa shape index (κ1) is 14.4. The quantitative estimate of drug-likeness (QED) is 0.850. The molecular formula is C10H14N4O2S3. The van der Waals surface area contributed by atoms with E-state index < -0.39 is 10.0 Å². The molecule has 0 bridgehead atoms. The molecule has 0 aliphatic carbocycles. The predicted molar refractivity (Wildman–Crippen MR) is 77.0 cm³/mol. The second-order valence-electron chi connectivity index (χ2n) is 4.09. The number of hydrogen-bond acceptors (Lipinski definition) is 7. The van der Waals surface area contributed by atoms with Crippen LogP contribution in [0.15, 0.2) is 21.9 Å². The van der Waals surface area contributed by atoms with Crippen molar-refractivity contribution in [3.63, 3.8) is 0 Å². The zero-order valence-electron chi connectivity index (χ0n) is 10.5. The summed E-state index contributed by atoms with van der Waals surface area (Å²) in [6.07, 6.45) is 0. The molecule has 2 N–H and O–H groups in total. The van der Waals surface area contributed by atoms with Crippen LogP contribution >= 0.6 is 22.7 Å². The van der Waals surface area contributed by atoms with E-state index in [9.17, 15) is 8.42 Å². The van der Waals surface area contributed by atoms with Gasteiger partial charge in [0.05, 0.1) is 0 Å². The van der Waals surface area contributed by atoms with Crippen molar-refractivity contribution in [2.45, 2.75) is 31.3 Å². The number of thiophene rings is 1. The van der Waals surface area contributed by atoms with Crippen LogP contribution in [-0.4, -0.2) is 24.7 Å². The zero-order valence-corrected chi connectivity index (χ0v) is 12.9. The van der Waals surface area contributed by atoms with Crippen LogP contribution in [0.25, 0.3) is 0 Å². The Bertz CT molecular complexity index is 619. The van der Waals surface area contributed by atoms with E-state index >= 15 is 0 Å². The van der Waals surface area contributed by atoms with Gasteiger partial charge in [-0.3, -0.25) is 4.72 Å². The lowest BCUT2D eigenvalue weighted by Gasteiger charge is -2.09. The third kappa shape index (κ3) is 3.72. The standard InChI is InChI=1S/C10H14N4O2S3/c1-7(2)11-5-8-9(3-4-17-8)19(15,16)14-10-13-12-6-18-10/h3-4,6-7,11H,5H2,1-2H3,(H,13,14). The molecule has 0 saturated heterocycles. The molecule has 0 aromatic carbocycles. The fraction of sp³-hybridized carbons (Fsp3) is 0.400. The number of nitrogens with zero attached hydrogens (tertiary/aromatic N) is 2. The molecule has 0 spiro atoms. The Morgan fingerprint density at radius 3 is 2.79 bits per heavy atom. The molecule has 0 fully saturated rings. The van der Waals surface area contributed by atoms with E-state index in [1.807, 2.05) is 13.8 Å². The molecule has 0 saturated carbocycles. The summed E-state index contributed by atoms with van der Waals surface area (Å²) in [5, 5.41) is 12.5. The summed E-state index contributed by atoms with van der Waals surface area (Å²) < 4.78 is 26.9. The molecule has 0 atom stereocenters. The highest BCUT2D eigenvalue weighted by molar-refractivity contribution is 7.93. The molecule has 0 amide bonds. The van der Waals surface area contributed by atoms with Gasteiger partial charge in [0, 0.05) is 17.5 Å². The van der Waals surface area contributed by atoms with Crippen LogP contribution in [0.3, 0.4) is 0 Å². The monoisotopic (exact) mass is 318 g/mol. The maximum Gasteiger partial charge on any atom is 0.264 e. The third-order valence-electron chi connectivity index (χ3n) is 2.25. The Hall–Kier alpha value is -1.03. The lowest BCUT2D eigenvalue weighted by atomic mass is 10.4. The number of hydrogen-bond donors (Lipinski definition) is 2. The van der Waals surface area contributed by atoms with E-state index in [1.54, 1.807) is 11.4 Å². The van der Waals surface area contributed by atoms with Gasteiger partial charge in [-0.15, -0.1) is 21.5 Å². The van der Waals surface area contributed by atoms with Crippen molar-refractivity contribution >= 4 is 37.8 Å². The number of anilines is 1. The molecule has 0 aliphatic rings. The van der Waals surface area contributed by atoms with Crippen LogP contribution in [0.2, 0.25) is 0 Å². The fourth-order valence-corrected chi connectivity index (χ4v) is 4.47. The van der Waals surface area contributed by atoms with Gasteiger partial charge in [-0.1, -0.05) is 25.2 Å². The van der Waals surface area contributed by atoms with Gasteiger partial charge in [0.1, 0.15) is 10.4 Å². The topological polar surface area (TPSA) is 84.0 Å². The SMILES string of the molecule is CC(C)NCc1sccc1S(=O)(=O)Nc1nncs1. The normalized spacial score (nSPS) is 11.9. The van der Waals surface area contributed by atoms with E-state index in [-0.39, 0.29) is 5.13 Å². The van der Waals surface area contributed by atoms with E-state index in [4.69, 9.17) is 0 Å². The molecule has 0 unspecified atom stereocenters. The lowest BCUT2D eigenvalue weighted by Crippen LogP contribution is -2.23. The Morgan fingerprint density at radius 2 is 2.16 bits per heavy atom. The van der Waals surface area contributed by atoms with Gasteiger partial charge < -0.3 is 5.32 Å². The average Bonchev–Trinajstić information content (AvgIpc) is 2.95. The van der Waals surface area contributed by atoms with Crippen LogP contribution < -0.4 is 10.0 Å². The summed E-state index contributed by atoms with van der Waals surface area (Å²) in [7, 11) is -3.59. The summed E-state index contributed by atoms with van der Waals surface area (Å²) in [4.78, 5) is 1.08. The first-order chi connectivity index (χ1) is 8.99. The lowest BCUT2D eigenvalue weighted by molar-refractivity contribution is 0.581. The molecule has 2 heterocycles. The minimum absolute atomic E-state index is 0.272. The van der Waals surface area contributed by atoms with Gasteiger partial charge >= 0.3 is 0 Å². The van der Waals surface area contributed by atoms with Crippen LogP contribution in [0.5, 0.6) is 0 Å². The first-order valence-electron chi connectivity index (χ1n) is 5.58. The zero-order chi connectivity index (χ0) is 13.9. The smallest absolute Gasteiger partial charge is 0.264 e. The van der Waals surface area contributed by atoms with Crippen molar-refractivity contribution in [3.8, 4) is 0 Å². The number of rotatable bonds is 6. The highest BCUT2D eigenvalue weighted by atomic mass is 32.2. The van der Waals surface area contributed by atoms with Crippen LogP contribution in [0.1, 0.15) is 18.7 Å². The molecule has 2 aromatic rings. The average molecular weight is 318 g/mol. The van der Waals surface area contributed by atoms with Crippen LogP contribution in [0.4, 0.5) is 5.13 Å². The molecule has 19 heavy (non-hydrogen) atoms. The minimum atomic E-state index is -3.59.